The molecule has 6 nitrogen and oxygen atoms in total. The van der Waals surface area contributed by atoms with Crippen molar-refractivity contribution in [1.29, 1.82) is 0 Å². The van der Waals surface area contributed by atoms with Crippen LogP contribution in [0.1, 0.15) is 25.0 Å². The van der Waals surface area contributed by atoms with Gasteiger partial charge in [0.05, 0.1) is 15.1 Å². The average Bonchev–Trinajstić information content (AvgIpc) is 3.13. The van der Waals surface area contributed by atoms with Crippen LogP contribution in [0.2, 0.25) is 0 Å². The molecule has 0 aliphatic heterocycles. The third-order valence-corrected chi connectivity index (χ3v) is 7.95. The summed E-state index contributed by atoms with van der Waals surface area (Å²) in [6.07, 6.45) is 0. The van der Waals surface area contributed by atoms with E-state index in [0.29, 0.717) is 18.2 Å². The molecule has 0 bridgehead atoms. The van der Waals surface area contributed by atoms with Crippen LogP contribution >= 0.6 is 23.7 Å². The third-order valence-electron chi connectivity index (χ3n) is 5.29. The minimum Gasteiger partial charge on any atom is -0.302 e. The second kappa shape index (κ2) is 11.2. The predicted molar refractivity (Wildman–Crippen MR) is 135 cm³/mol. The summed E-state index contributed by atoms with van der Waals surface area (Å²) in [5.74, 6) is -1.04. The number of benzene rings is 2. The Labute approximate surface area is 200 Å². The Morgan fingerprint density at radius 1 is 0.969 bits per heavy atom. The van der Waals surface area contributed by atoms with Gasteiger partial charge in [-0.05, 0) is 56.8 Å². The van der Waals surface area contributed by atoms with Crippen LogP contribution < -0.4 is 4.90 Å². The number of fused-ring (bicyclic) bond motifs is 1. The molecule has 3 rings (SSSR count). The number of carbonyl (C=O) groups excluding carboxylic acids is 1. The first-order valence-electron chi connectivity index (χ1n) is 10.4. The van der Waals surface area contributed by atoms with Crippen molar-refractivity contribution in [1.82, 2.24) is 9.88 Å². The molecule has 9 heteroatoms. The maximum atomic E-state index is 13.2. The summed E-state index contributed by atoms with van der Waals surface area (Å²) in [7, 11) is -3.74. The molecule has 32 heavy (non-hydrogen) atoms. The normalized spacial score (nSPS) is 11.5. The first-order chi connectivity index (χ1) is 14.7. The van der Waals surface area contributed by atoms with Gasteiger partial charge in [-0.1, -0.05) is 48.9 Å². The zero-order valence-corrected chi connectivity index (χ0v) is 21.3. The highest BCUT2D eigenvalue weighted by atomic mass is 35.5. The fourth-order valence-corrected chi connectivity index (χ4v) is 5.62. The monoisotopic (exact) mass is 495 g/mol. The van der Waals surface area contributed by atoms with Crippen LogP contribution in [0, 0.1) is 13.8 Å². The molecule has 0 unspecified atom stereocenters. The number of aryl methyl sites for hydroxylation is 2. The lowest BCUT2D eigenvalue weighted by Gasteiger charge is -2.24. The largest absolute Gasteiger partial charge is 0.302 e. The Kier molecular flexibility index (Phi) is 9.21. The summed E-state index contributed by atoms with van der Waals surface area (Å²) < 4.78 is 26.7. The SMILES string of the molecule is CCN(CC)CCN(C(=O)CS(=O)(=O)c1ccc(C)cc1)c1nc2ccc(C)cc2s1.Cl. The fourth-order valence-electron chi connectivity index (χ4n) is 3.31. The van der Waals surface area contributed by atoms with Crippen LogP contribution in [0.15, 0.2) is 47.4 Å². The summed E-state index contributed by atoms with van der Waals surface area (Å²) in [4.78, 5) is 21.8. The van der Waals surface area contributed by atoms with E-state index < -0.39 is 21.5 Å². The molecule has 0 aliphatic rings. The van der Waals surface area contributed by atoms with Crippen LogP contribution in [-0.2, 0) is 14.6 Å². The average molecular weight is 496 g/mol. The van der Waals surface area contributed by atoms with Gasteiger partial charge in [0.1, 0.15) is 5.75 Å². The van der Waals surface area contributed by atoms with Gasteiger partial charge in [-0.3, -0.25) is 9.69 Å². The molecular weight excluding hydrogens is 466 g/mol. The van der Waals surface area contributed by atoms with Gasteiger partial charge >= 0.3 is 0 Å². The van der Waals surface area contributed by atoms with Crippen molar-refractivity contribution in [2.24, 2.45) is 0 Å². The Morgan fingerprint density at radius 3 is 2.22 bits per heavy atom. The van der Waals surface area contributed by atoms with E-state index in [0.717, 1.165) is 34.4 Å². The van der Waals surface area contributed by atoms with Crippen LogP contribution in [0.25, 0.3) is 10.2 Å². The van der Waals surface area contributed by atoms with Gasteiger partial charge in [0, 0.05) is 13.1 Å². The Morgan fingerprint density at radius 2 is 1.59 bits per heavy atom. The molecule has 3 aromatic rings. The highest BCUT2D eigenvalue weighted by Crippen LogP contribution is 2.30. The number of hydrogen-bond acceptors (Lipinski definition) is 6. The lowest BCUT2D eigenvalue weighted by molar-refractivity contribution is -0.116. The minimum atomic E-state index is -3.74. The summed E-state index contributed by atoms with van der Waals surface area (Å²) in [6.45, 7) is 10.8. The number of nitrogens with zero attached hydrogens (tertiary/aromatic N) is 3. The van der Waals surface area contributed by atoms with E-state index in [2.05, 4.69) is 23.7 Å². The van der Waals surface area contributed by atoms with Crippen molar-refractivity contribution >= 4 is 54.8 Å². The predicted octanol–water partition coefficient (Wildman–Crippen LogP) is 4.48. The van der Waals surface area contributed by atoms with E-state index in [1.165, 1.54) is 16.2 Å². The van der Waals surface area contributed by atoms with Gasteiger partial charge in [0.25, 0.3) is 0 Å². The minimum absolute atomic E-state index is 0. The number of hydrogen-bond donors (Lipinski definition) is 0. The van der Waals surface area contributed by atoms with Crippen molar-refractivity contribution in [3.8, 4) is 0 Å². The Bertz CT molecular complexity index is 1160. The molecule has 0 saturated heterocycles. The summed E-state index contributed by atoms with van der Waals surface area (Å²) in [6, 6.07) is 12.5. The van der Waals surface area contributed by atoms with E-state index >= 15 is 0 Å². The number of aromatic nitrogens is 1. The number of amides is 1. The second-order valence-corrected chi connectivity index (χ2v) is 10.6. The zero-order chi connectivity index (χ0) is 22.6. The number of rotatable bonds is 9. The standard InChI is InChI=1S/C23H29N3O3S2.ClH/c1-5-25(6-2)13-14-26(23-24-20-12-9-18(4)15-21(20)30-23)22(27)16-31(28,29)19-10-7-17(3)8-11-19;/h7-12,15H,5-6,13-14,16H2,1-4H3;1H. The van der Waals surface area contributed by atoms with E-state index in [1.54, 1.807) is 24.3 Å². The van der Waals surface area contributed by atoms with Crippen molar-refractivity contribution in [2.45, 2.75) is 32.6 Å². The summed E-state index contributed by atoms with van der Waals surface area (Å²) in [5, 5.41) is 0.539. The smallest absolute Gasteiger partial charge is 0.244 e. The summed E-state index contributed by atoms with van der Waals surface area (Å²) in [5.41, 5.74) is 2.90. The quantitative estimate of drug-likeness (QED) is 0.437. The number of thiazole rings is 1. The number of carbonyl (C=O) groups is 1. The first kappa shape index (κ1) is 26.3. The Balaban J connectivity index is 0.00000363. The molecule has 0 atom stereocenters. The molecular formula is C23H30ClN3O3S2. The molecule has 2 aromatic carbocycles. The zero-order valence-electron chi connectivity index (χ0n) is 18.9. The van der Waals surface area contributed by atoms with Crippen molar-refractivity contribution < 1.29 is 13.2 Å². The molecule has 1 amide bonds. The van der Waals surface area contributed by atoms with Gasteiger partial charge in [-0.25, -0.2) is 13.4 Å². The van der Waals surface area contributed by atoms with Crippen LogP contribution in [0.5, 0.6) is 0 Å². The highest BCUT2D eigenvalue weighted by Gasteiger charge is 2.26. The molecule has 0 aliphatic carbocycles. The Hall–Kier alpha value is -2.00. The molecule has 174 valence electrons. The number of anilines is 1. The van der Waals surface area contributed by atoms with E-state index in [1.807, 2.05) is 32.0 Å². The molecule has 0 spiro atoms. The van der Waals surface area contributed by atoms with Gasteiger partial charge in [0.2, 0.25) is 5.91 Å². The maximum Gasteiger partial charge on any atom is 0.244 e. The first-order valence-corrected chi connectivity index (χ1v) is 12.9. The molecule has 0 fully saturated rings. The molecule has 1 heterocycles. The van der Waals surface area contributed by atoms with Gasteiger partial charge in [-0.15, -0.1) is 12.4 Å². The number of likely N-dealkylation sites (N-methyl/N-ethyl adjacent to an activating group) is 1. The van der Waals surface area contributed by atoms with Crippen molar-refractivity contribution in [2.75, 3.05) is 36.8 Å². The lowest BCUT2D eigenvalue weighted by Crippen LogP contribution is -2.41. The van der Waals surface area contributed by atoms with Gasteiger partial charge < -0.3 is 4.90 Å². The van der Waals surface area contributed by atoms with Crippen LogP contribution in [-0.4, -0.2) is 56.1 Å². The van der Waals surface area contributed by atoms with Crippen LogP contribution in [0.4, 0.5) is 5.13 Å². The number of sulfone groups is 1. The number of halogens is 1. The summed E-state index contributed by atoms with van der Waals surface area (Å²) >= 11 is 1.42. The maximum absolute atomic E-state index is 13.2. The molecule has 0 saturated carbocycles. The van der Waals surface area contributed by atoms with Crippen molar-refractivity contribution in [3.05, 3.63) is 53.6 Å². The highest BCUT2D eigenvalue weighted by molar-refractivity contribution is 7.92. The third kappa shape index (κ3) is 6.28. The van der Waals surface area contributed by atoms with E-state index in [9.17, 15) is 13.2 Å². The molecule has 0 radical (unpaired) electrons. The van der Waals surface area contributed by atoms with Gasteiger partial charge in [-0.2, -0.15) is 0 Å². The molecule has 0 N–H and O–H groups in total. The molecule has 1 aromatic heterocycles. The second-order valence-electron chi connectivity index (χ2n) is 7.61. The van der Waals surface area contributed by atoms with E-state index in [-0.39, 0.29) is 17.3 Å². The van der Waals surface area contributed by atoms with E-state index in [4.69, 9.17) is 0 Å². The lowest BCUT2D eigenvalue weighted by atomic mass is 10.2. The van der Waals surface area contributed by atoms with Crippen molar-refractivity contribution in [3.63, 3.8) is 0 Å². The topological polar surface area (TPSA) is 70.6 Å². The van der Waals surface area contributed by atoms with Crippen LogP contribution in [0.3, 0.4) is 0 Å². The van der Waals surface area contributed by atoms with Gasteiger partial charge in [0.15, 0.2) is 15.0 Å². The fraction of sp³-hybridized carbons (Fsp3) is 0.391.